The van der Waals surface area contributed by atoms with Crippen molar-refractivity contribution in [2.24, 2.45) is 17.6 Å². The molecule has 0 radical (unpaired) electrons. The fourth-order valence-electron chi connectivity index (χ4n) is 1.09. The van der Waals surface area contributed by atoms with E-state index in [0.29, 0.717) is 11.8 Å². The Hall–Kier alpha value is -0.0800. The highest BCUT2D eigenvalue weighted by Gasteiger charge is 2.12. The second-order valence-electron chi connectivity index (χ2n) is 3.59. The van der Waals surface area contributed by atoms with Crippen molar-refractivity contribution in [2.75, 3.05) is 26.7 Å². The van der Waals surface area contributed by atoms with E-state index < -0.39 is 0 Å². The lowest BCUT2D eigenvalue weighted by atomic mass is 9.96. The second-order valence-corrected chi connectivity index (χ2v) is 3.59. The van der Waals surface area contributed by atoms with Gasteiger partial charge < -0.3 is 10.6 Å². The van der Waals surface area contributed by atoms with Crippen LogP contribution in [0.2, 0.25) is 0 Å². The first-order chi connectivity index (χ1) is 5.11. The smallest absolute Gasteiger partial charge is 0.00210 e. The van der Waals surface area contributed by atoms with Crippen LogP contribution in [0.3, 0.4) is 0 Å². The molecule has 0 fully saturated rings. The fourth-order valence-corrected chi connectivity index (χ4v) is 1.09. The number of hydrogen-bond acceptors (Lipinski definition) is 2. The van der Waals surface area contributed by atoms with Crippen LogP contribution in [0.15, 0.2) is 0 Å². The van der Waals surface area contributed by atoms with E-state index in [9.17, 15) is 0 Å². The maximum absolute atomic E-state index is 5.65. The third-order valence-electron chi connectivity index (χ3n) is 2.33. The van der Waals surface area contributed by atoms with Crippen molar-refractivity contribution >= 4 is 0 Å². The minimum atomic E-state index is 0.653. The molecule has 0 aliphatic rings. The van der Waals surface area contributed by atoms with Crippen LogP contribution >= 0.6 is 0 Å². The molecule has 2 nitrogen and oxygen atoms in total. The van der Waals surface area contributed by atoms with Crippen molar-refractivity contribution in [3.8, 4) is 0 Å². The zero-order valence-electron chi connectivity index (χ0n) is 8.30. The first-order valence-corrected chi connectivity index (χ1v) is 4.50. The molecule has 0 aliphatic carbocycles. The van der Waals surface area contributed by atoms with Crippen LogP contribution < -0.4 is 5.73 Å². The zero-order chi connectivity index (χ0) is 8.85. The van der Waals surface area contributed by atoms with E-state index in [4.69, 9.17) is 5.73 Å². The summed E-state index contributed by atoms with van der Waals surface area (Å²) in [5.41, 5.74) is 5.65. The lowest BCUT2D eigenvalue weighted by Crippen LogP contribution is -2.33. The van der Waals surface area contributed by atoms with E-state index in [1.807, 2.05) is 0 Å². The van der Waals surface area contributed by atoms with Gasteiger partial charge in [-0.2, -0.15) is 0 Å². The first kappa shape index (κ1) is 10.9. The quantitative estimate of drug-likeness (QED) is 0.651. The average Bonchev–Trinajstić information content (AvgIpc) is 1.99. The molecule has 0 aromatic heterocycles. The van der Waals surface area contributed by atoms with Crippen molar-refractivity contribution in [1.29, 1.82) is 0 Å². The van der Waals surface area contributed by atoms with Crippen molar-refractivity contribution in [1.82, 2.24) is 4.90 Å². The van der Waals surface area contributed by atoms with Crippen molar-refractivity contribution < 1.29 is 0 Å². The lowest BCUT2D eigenvalue weighted by Gasteiger charge is -2.24. The molecule has 0 rings (SSSR count). The maximum atomic E-state index is 5.65. The van der Waals surface area contributed by atoms with E-state index in [1.54, 1.807) is 0 Å². The Balaban J connectivity index is 3.68. The Labute approximate surface area is 70.8 Å². The van der Waals surface area contributed by atoms with Gasteiger partial charge in [-0.1, -0.05) is 20.8 Å². The molecule has 2 N–H and O–H groups in total. The summed E-state index contributed by atoms with van der Waals surface area (Å²) in [5, 5.41) is 0. The van der Waals surface area contributed by atoms with Crippen LogP contribution in [0.25, 0.3) is 0 Å². The minimum absolute atomic E-state index is 0.653. The van der Waals surface area contributed by atoms with E-state index in [2.05, 4.69) is 32.7 Å². The predicted octanol–water partition coefficient (Wildman–Crippen LogP) is 1.17. The van der Waals surface area contributed by atoms with Crippen molar-refractivity contribution in [3.63, 3.8) is 0 Å². The summed E-state index contributed by atoms with van der Waals surface area (Å²) in [6.07, 6.45) is 0. The molecule has 0 aromatic rings. The number of hydrogen-bond donors (Lipinski definition) is 1. The summed E-state index contributed by atoms with van der Waals surface area (Å²) < 4.78 is 0. The average molecular weight is 158 g/mol. The van der Waals surface area contributed by atoms with Crippen LogP contribution in [0, 0.1) is 11.8 Å². The maximum Gasteiger partial charge on any atom is 0.00210 e. The van der Waals surface area contributed by atoms with Crippen LogP contribution in [-0.2, 0) is 0 Å². The van der Waals surface area contributed by atoms with Gasteiger partial charge in [-0.3, -0.25) is 0 Å². The Morgan fingerprint density at radius 2 is 1.91 bits per heavy atom. The Morgan fingerprint density at radius 3 is 2.18 bits per heavy atom. The van der Waals surface area contributed by atoms with Gasteiger partial charge in [0.25, 0.3) is 0 Å². The van der Waals surface area contributed by atoms with Gasteiger partial charge in [0.1, 0.15) is 0 Å². The number of nitrogens with two attached hydrogens (primary N) is 1. The van der Waals surface area contributed by atoms with E-state index in [-0.39, 0.29) is 0 Å². The molecular formula is C9H22N2. The first-order valence-electron chi connectivity index (χ1n) is 4.50. The van der Waals surface area contributed by atoms with E-state index in [0.717, 1.165) is 19.6 Å². The molecule has 1 atom stereocenters. The molecule has 0 spiro atoms. The molecule has 0 amide bonds. The van der Waals surface area contributed by atoms with Crippen LogP contribution in [0.5, 0.6) is 0 Å². The number of nitrogens with zero attached hydrogens (tertiary/aromatic N) is 1. The molecular weight excluding hydrogens is 136 g/mol. The molecule has 2 heteroatoms. The van der Waals surface area contributed by atoms with Crippen LogP contribution in [-0.4, -0.2) is 31.6 Å². The summed E-state index contributed by atoms with van der Waals surface area (Å²) >= 11 is 0. The summed E-state index contributed by atoms with van der Waals surface area (Å²) in [4.78, 5) is 2.32. The van der Waals surface area contributed by atoms with E-state index in [1.165, 1.54) is 0 Å². The number of rotatable bonds is 5. The second kappa shape index (κ2) is 5.56. The molecule has 11 heavy (non-hydrogen) atoms. The predicted molar refractivity (Wildman–Crippen MR) is 50.6 cm³/mol. The van der Waals surface area contributed by atoms with Gasteiger partial charge in [0.05, 0.1) is 0 Å². The van der Waals surface area contributed by atoms with Gasteiger partial charge in [0.2, 0.25) is 0 Å². The molecule has 0 aliphatic heterocycles. The molecule has 0 saturated heterocycles. The zero-order valence-corrected chi connectivity index (χ0v) is 8.30. The minimum Gasteiger partial charge on any atom is -0.330 e. The normalized spacial score (nSPS) is 14.5. The summed E-state index contributed by atoms with van der Waals surface area (Å²) in [7, 11) is 2.14. The highest BCUT2D eigenvalue weighted by atomic mass is 15.1. The van der Waals surface area contributed by atoms with Gasteiger partial charge in [-0.25, -0.2) is 0 Å². The van der Waals surface area contributed by atoms with Gasteiger partial charge in [-0.15, -0.1) is 0 Å². The fraction of sp³-hybridized carbons (Fsp3) is 1.00. The molecule has 68 valence electrons. The SMILES string of the molecule is CCN(C)CC(CN)C(C)C. The monoisotopic (exact) mass is 158 g/mol. The Kier molecular flexibility index (Phi) is 5.51. The topological polar surface area (TPSA) is 29.3 Å². The van der Waals surface area contributed by atoms with Crippen molar-refractivity contribution in [3.05, 3.63) is 0 Å². The molecule has 1 unspecified atom stereocenters. The van der Waals surface area contributed by atoms with Gasteiger partial charge in [0.15, 0.2) is 0 Å². The van der Waals surface area contributed by atoms with Crippen LogP contribution in [0.1, 0.15) is 20.8 Å². The third-order valence-corrected chi connectivity index (χ3v) is 2.33. The summed E-state index contributed by atoms with van der Waals surface area (Å²) in [6, 6.07) is 0. The van der Waals surface area contributed by atoms with Crippen LogP contribution in [0.4, 0.5) is 0 Å². The van der Waals surface area contributed by atoms with Crippen molar-refractivity contribution in [2.45, 2.75) is 20.8 Å². The highest BCUT2D eigenvalue weighted by molar-refractivity contribution is 4.66. The molecule has 0 bridgehead atoms. The van der Waals surface area contributed by atoms with Gasteiger partial charge in [0, 0.05) is 6.54 Å². The standard InChI is InChI=1S/C9H22N2/c1-5-11(4)7-9(6-10)8(2)3/h8-9H,5-7,10H2,1-4H3. The van der Waals surface area contributed by atoms with Gasteiger partial charge in [-0.05, 0) is 32.0 Å². The molecule has 0 heterocycles. The Morgan fingerprint density at radius 1 is 1.36 bits per heavy atom. The highest BCUT2D eigenvalue weighted by Crippen LogP contribution is 2.09. The largest absolute Gasteiger partial charge is 0.330 e. The molecule has 0 saturated carbocycles. The lowest BCUT2D eigenvalue weighted by molar-refractivity contribution is 0.249. The Bertz CT molecular complexity index is 91.6. The third kappa shape index (κ3) is 4.38. The summed E-state index contributed by atoms with van der Waals surface area (Å²) in [6.45, 7) is 9.70. The van der Waals surface area contributed by atoms with E-state index >= 15 is 0 Å². The molecule has 0 aromatic carbocycles. The summed E-state index contributed by atoms with van der Waals surface area (Å²) in [5.74, 6) is 1.36. The van der Waals surface area contributed by atoms with Gasteiger partial charge >= 0.3 is 0 Å².